The molecule has 60 valence electrons. The van der Waals surface area contributed by atoms with Crippen LogP contribution in [0.5, 0.6) is 0 Å². The molecule has 0 atom stereocenters. The van der Waals surface area contributed by atoms with Gasteiger partial charge in [-0.05, 0) is 12.1 Å². The Balaban J connectivity index is 2.93. The van der Waals surface area contributed by atoms with Gasteiger partial charge in [0.25, 0.3) is 0 Å². The van der Waals surface area contributed by atoms with Crippen LogP contribution in [0.4, 0.5) is 0 Å². The van der Waals surface area contributed by atoms with E-state index in [0.29, 0.717) is 16.6 Å². The first-order chi connectivity index (χ1) is 6.36. The molecule has 0 N–H and O–H groups in total. The van der Waals surface area contributed by atoms with Crippen molar-refractivity contribution in [3.8, 4) is 12.1 Å². The van der Waals surface area contributed by atoms with Gasteiger partial charge in [-0.2, -0.15) is 10.5 Å². The van der Waals surface area contributed by atoms with E-state index >= 15 is 0 Å². The zero-order valence-electron chi connectivity index (χ0n) is 6.48. The first-order valence-corrected chi connectivity index (χ1v) is 4.41. The van der Waals surface area contributed by atoms with Crippen LogP contribution in [0, 0.1) is 22.7 Å². The highest BCUT2D eigenvalue weighted by molar-refractivity contribution is 7.17. The van der Waals surface area contributed by atoms with Crippen LogP contribution >= 0.6 is 11.3 Å². The Morgan fingerprint density at radius 1 is 1.15 bits per heavy atom. The molecule has 1 aromatic heterocycles. The summed E-state index contributed by atoms with van der Waals surface area (Å²) in [6, 6.07) is 7.39. The third kappa shape index (κ3) is 1.05. The predicted molar refractivity (Wildman–Crippen MR) is 49.1 cm³/mol. The van der Waals surface area contributed by atoms with Gasteiger partial charge in [0.2, 0.25) is 0 Å². The van der Waals surface area contributed by atoms with E-state index in [-0.39, 0.29) is 0 Å². The van der Waals surface area contributed by atoms with Crippen LogP contribution < -0.4 is 0 Å². The van der Waals surface area contributed by atoms with Crippen LogP contribution in [-0.2, 0) is 0 Å². The second-order valence-corrected chi connectivity index (χ2v) is 3.27. The SMILES string of the molecule is N#Cc1ccc(C#N)c2scnc12. The van der Waals surface area contributed by atoms with Gasteiger partial charge in [-0.15, -0.1) is 11.3 Å². The molecule has 0 radical (unpaired) electrons. The molecular formula is C9H3N3S. The lowest BCUT2D eigenvalue weighted by Gasteiger charge is -1.92. The minimum Gasteiger partial charge on any atom is -0.243 e. The van der Waals surface area contributed by atoms with Gasteiger partial charge < -0.3 is 0 Å². The molecule has 13 heavy (non-hydrogen) atoms. The number of nitriles is 2. The monoisotopic (exact) mass is 185 g/mol. The van der Waals surface area contributed by atoms with Gasteiger partial charge in [-0.1, -0.05) is 0 Å². The number of thiazole rings is 1. The number of rotatable bonds is 0. The lowest BCUT2D eigenvalue weighted by Crippen LogP contribution is -1.80. The fraction of sp³-hybridized carbons (Fsp3) is 0. The Kier molecular flexibility index (Phi) is 1.70. The van der Waals surface area contributed by atoms with Crippen molar-refractivity contribution in [2.45, 2.75) is 0 Å². The van der Waals surface area contributed by atoms with Gasteiger partial charge in [0.1, 0.15) is 17.7 Å². The van der Waals surface area contributed by atoms with Gasteiger partial charge in [-0.3, -0.25) is 0 Å². The third-order valence-electron chi connectivity index (χ3n) is 1.72. The summed E-state index contributed by atoms with van der Waals surface area (Å²) in [5.41, 5.74) is 3.38. The van der Waals surface area contributed by atoms with Crippen LogP contribution in [0.3, 0.4) is 0 Å². The quantitative estimate of drug-likeness (QED) is 0.631. The van der Waals surface area contributed by atoms with Crippen LogP contribution in [-0.4, -0.2) is 4.98 Å². The fourth-order valence-electron chi connectivity index (χ4n) is 1.13. The van der Waals surface area contributed by atoms with Gasteiger partial charge in [0.15, 0.2) is 0 Å². The summed E-state index contributed by atoms with van der Waals surface area (Å²) in [4.78, 5) is 4.04. The summed E-state index contributed by atoms with van der Waals surface area (Å²) in [7, 11) is 0. The molecule has 0 bridgehead atoms. The van der Waals surface area contributed by atoms with E-state index < -0.39 is 0 Å². The maximum absolute atomic E-state index is 8.76. The zero-order valence-corrected chi connectivity index (χ0v) is 7.30. The lowest BCUT2D eigenvalue weighted by atomic mass is 10.1. The van der Waals surface area contributed by atoms with E-state index in [9.17, 15) is 0 Å². The molecule has 0 aliphatic carbocycles. The number of nitrogens with zero attached hydrogens (tertiary/aromatic N) is 3. The molecule has 1 heterocycles. The molecule has 1 aromatic carbocycles. The van der Waals surface area contributed by atoms with Crippen molar-refractivity contribution in [3.63, 3.8) is 0 Å². The van der Waals surface area contributed by atoms with Gasteiger partial charge >= 0.3 is 0 Å². The van der Waals surface area contributed by atoms with Crippen molar-refractivity contribution in [2.24, 2.45) is 0 Å². The minimum atomic E-state index is 0.523. The van der Waals surface area contributed by atoms with Crippen molar-refractivity contribution in [3.05, 3.63) is 28.8 Å². The summed E-state index contributed by atoms with van der Waals surface area (Å²) in [5.74, 6) is 0. The Labute approximate surface area is 78.5 Å². The van der Waals surface area contributed by atoms with E-state index in [1.54, 1.807) is 17.6 Å². The minimum absolute atomic E-state index is 0.523. The summed E-state index contributed by atoms with van der Waals surface area (Å²) in [5, 5.41) is 17.5. The standard InChI is InChI=1S/C9H3N3S/c10-3-6-1-2-7(4-11)9-8(6)12-5-13-9/h1-2,5H. The van der Waals surface area contributed by atoms with Gasteiger partial charge in [0, 0.05) is 0 Å². The van der Waals surface area contributed by atoms with Crippen molar-refractivity contribution in [2.75, 3.05) is 0 Å². The van der Waals surface area contributed by atoms with Gasteiger partial charge in [-0.25, -0.2) is 4.98 Å². The first kappa shape index (κ1) is 7.72. The first-order valence-electron chi connectivity index (χ1n) is 3.53. The molecular weight excluding hydrogens is 182 g/mol. The Bertz CT molecular complexity index is 494. The normalized spacial score (nSPS) is 9.38. The van der Waals surface area contributed by atoms with Crippen molar-refractivity contribution < 1.29 is 0 Å². The maximum Gasteiger partial charge on any atom is 0.101 e. The highest BCUT2D eigenvalue weighted by Gasteiger charge is 2.07. The number of hydrogen-bond acceptors (Lipinski definition) is 4. The van der Waals surface area contributed by atoms with Gasteiger partial charge in [0.05, 0.1) is 21.3 Å². The van der Waals surface area contributed by atoms with Crippen molar-refractivity contribution >= 4 is 21.6 Å². The lowest BCUT2D eigenvalue weighted by molar-refractivity contribution is 1.44. The molecule has 0 amide bonds. The van der Waals surface area contributed by atoms with E-state index in [1.807, 2.05) is 6.07 Å². The maximum atomic E-state index is 8.76. The molecule has 2 aromatic rings. The number of fused-ring (bicyclic) bond motifs is 1. The van der Waals surface area contributed by atoms with E-state index in [4.69, 9.17) is 10.5 Å². The molecule has 0 unspecified atom stereocenters. The largest absolute Gasteiger partial charge is 0.243 e. The fourth-order valence-corrected chi connectivity index (χ4v) is 1.91. The van der Waals surface area contributed by atoms with Crippen LogP contribution in [0.15, 0.2) is 17.6 Å². The number of benzene rings is 1. The molecule has 0 saturated heterocycles. The zero-order chi connectivity index (χ0) is 9.26. The van der Waals surface area contributed by atoms with E-state index in [1.165, 1.54) is 11.3 Å². The molecule has 3 nitrogen and oxygen atoms in total. The summed E-state index contributed by atoms with van der Waals surface area (Å²) < 4.78 is 0.793. The molecule has 0 aliphatic rings. The molecule has 2 rings (SSSR count). The highest BCUT2D eigenvalue weighted by Crippen LogP contribution is 2.24. The Morgan fingerprint density at radius 2 is 1.85 bits per heavy atom. The topological polar surface area (TPSA) is 60.5 Å². The smallest absolute Gasteiger partial charge is 0.101 e. The number of aromatic nitrogens is 1. The third-order valence-corrected chi connectivity index (χ3v) is 2.58. The molecule has 0 spiro atoms. The molecule has 0 fully saturated rings. The van der Waals surface area contributed by atoms with Crippen LogP contribution in [0.2, 0.25) is 0 Å². The second-order valence-electron chi connectivity index (χ2n) is 2.41. The van der Waals surface area contributed by atoms with Crippen LogP contribution in [0.25, 0.3) is 10.2 Å². The molecule has 4 heteroatoms. The summed E-state index contributed by atoms with van der Waals surface area (Å²) >= 11 is 1.38. The molecule has 0 saturated carbocycles. The van der Waals surface area contributed by atoms with Crippen molar-refractivity contribution in [1.82, 2.24) is 4.98 Å². The Hall–Kier alpha value is -1.91. The average Bonchev–Trinajstić information content (AvgIpc) is 2.64. The van der Waals surface area contributed by atoms with E-state index in [0.717, 1.165) is 4.70 Å². The van der Waals surface area contributed by atoms with Crippen LogP contribution in [0.1, 0.15) is 11.1 Å². The summed E-state index contributed by atoms with van der Waals surface area (Å²) in [6.45, 7) is 0. The number of hydrogen-bond donors (Lipinski definition) is 0. The molecule has 0 aliphatic heterocycles. The van der Waals surface area contributed by atoms with E-state index in [2.05, 4.69) is 11.1 Å². The van der Waals surface area contributed by atoms with Crippen molar-refractivity contribution in [1.29, 1.82) is 10.5 Å². The average molecular weight is 185 g/mol. The highest BCUT2D eigenvalue weighted by atomic mass is 32.1. The second kappa shape index (κ2) is 2.85. The Morgan fingerprint density at radius 3 is 2.54 bits per heavy atom. The predicted octanol–water partition coefficient (Wildman–Crippen LogP) is 2.04. The summed E-state index contributed by atoms with van der Waals surface area (Å²) in [6.07, 6.45) is 0.